The first-order valence-corrected chi connectivity index (χ1v) is 19.9. The molecule has 0 aliphatic heterocycles. The molecule has 2 heterocycles. The molecule has 0 radical (unpaired) electrons. The Kier molecular flexibility index (Phi) is 8.26. The molecule has 240 valence electrons. The molecule has 0 saturated heterocycles. The maximum atomic E-state index is 6.85. The van der Waals surface area contributed by atoms with Crippen molar-refractivity contribution in [1.29, 1.82) is 0 Å². The van der Waals surface area contributed by atoms with Crippen LogP contribution in [0.25, 0.3) is 44.5 Å². The third-order valence-electron chi connectivity index (χ3n) is 11.6. The van der Waals surface area contributed by atoms with Crippen LogP contribution < -0.4 is 9.47 Å². The summed E-state index contributed by atoms with van der Waals surface area (Å²) in [6.45, 7) is 1.72. The van der Waals surface area contributed by atoms with Gasteiger partial charge in [0.1, 0.15) is 11.0 Å². The van der Waals surface area contributed by atoms with E-state index in [1.807, 2.05) is 0 Å². The Morgan fingerprint density at radius 2 is 0.917 bits per heavy atom. The van der Waals surface area contributed by atoms with Crippen LogP contribution in [0.5, 0.6) is 11.0 Å². The van der Waals surface area contributed by atoms with Crippen LogP contribution in [0.4, 0.5) is 0 Å². The maximum absolute atomic E-state index is 6.85. The van der Waals surface area contributed by atoms with Crippen molar-refractivity contribution in [3.05, 3.63) is 133 Å². The monoisotopic (exact) mass is 664 g/mol. The summed E-state index contributed by atoms with van der Waals surface area (Å²) < 4.78 is 13.7. The summed E-state index contributed by atoms with van der Waals surface area (Å²) in [5.41, 5.74) is 12.7. The van der Waals surface area contributed by atoms with E-state index in [-0.39, 0.29) is 0 Å². The fourth-order valence-electron chi connectivity index (χ4n) is 9.56. The maximum Gasteiger partial charge on any atom is 0.142 e. The lowest BCUT2D eigenvalue weighted by Crippen LogP contribution is -2.28. The van der Waals surface area contributed by atoms with Crippen LogP contribution in [0.3, 0.4) is 0 Å². The van der Waals surface area contributed by atoms with Crippen molar-refractivity contribution >= 4 is 16.4 Å². The van der Waals surface area contributed by atoms with Crippen LogP contribution in [0.1, 0.15) is 25.7 Å². The van der Waals surface area contributed by atoms with E-state index in [0.717, 1.165) is 36.9 Å². The molecule has 3 aliphatic rings. The number of hydrogen-bond donors (Lipinski definition) is 0. The smallest absolute Gasteiger partial charge is 0.142 e. The van der Waals surface area contributed by atoms with E-state index in [9.17, 15) is 0 Å². The molecule has 8 unspecified atom stereocenters. The molecular formula is C44H42O2P2. The Morgan fingerprint density at radius 3 is 1.44 bits per heavy atom. The van der Waals surface area contributed by atoms with Gasteiger partial charge in [-0.1, -0.05) is 138 Å². The summed E-state index contributed by atoms with van der Waals surface area (Å²) in [4.78, 5) is 0. The standard InChI is InChI=1S/C44H42O2P2/c1-5-13-30(14-6-1)39-27-47-43(41(39)32-17-9-3-10-18-32)45-25-29-21-36-34-23-35(37(24-34)38(36)22-29)26-46-44-42(33-19-11-4-12-20-33)40(28-48-44)31-15-7-2-8-16-31/h1-20,27-29,34-38,47-48H,21-26H2. The van der Waals surface area contributed by atoms with Gasteiger partial charge >= 0.3 is 0 Å². The number of hydrogen-bond acceptors (Lipinski definition) is 2. The third kappa shape index (κ3) is 5.64. The molecule has 0 N–H and O–H groups in total. The second-order valence-electron chi connectivity index (χ2n) is 14.2. The van der Waals surface area contributed by atoms with Gasteiger partial charge in [-0.05, 0) is 106 Å². The van der Waals surface area contributed by atoms with Crippen LogP contribution in [0.2, 0.25) is 0 Å². The first-order valence-electron chi connectivity index (χ1n) is 17.7. The second kappa shape index (κ2) is 13.2. The van der Waals surface area contributed by atoms with Gasteiger partial charge in [-0.25, -0.2) is 0 Å². The molecule has 3 aliphatic carbocycles. The van der Waals surface area contributed by atoms with Crippen LogP contribution in [0, 0.1) is 35.5 Å². The molecule has 4 aromatic carbocycles. The minimum atomic E-state index is 0.584. The van der Waals surface area contributed by atoms with E-state index in [2.05, 4.69) is 133 Å². The van der Waals surface area contributed by atoms with E-state index in [1.54, 1.807) is 0 Å². The fraction of sp³-hybridized carbons (Fsp3) is 0.273. The lowest BCUT2D eigenvalue weighted by Gasteiger charge is -2.31. The molecular weight excluding hydrogens is 622 g/mol. The Balaban J connectivity index is 0.882. The fourth-order valence-corrected chi connectivity index (χ4v) is 11.9. The molecule has 6 aromatic rings. The molecule has 9 rings (SSSR count). The normalized spacial score (nSPS) is 24.4. The zero-order valence-electron chi connectivity index (χ0n) is 27.2. The van der Waals surface area contributed by atoms with E-state index < -0.39 is 0 Å². The van der Waals surface area contributed by atoms with E-state index in [4.69, 9.17) is 9.47 Å². The summed E-state index contributed by atoms with van der Waals surface area (Å²) in [7, 11) is 1.17. The predicted molar refractivity (Wildman–Crippen MR) is 204 cm³/mol. The minimum absolute atomic E-state index is 0.584. The Bertz CT molecular complexity index is 1960. The highest BCUT2D eigenvalue weighted by Crippen LogP contribution is 2.62. The zero-order chi connectivity index (χ0) is 31.9. The van der Waals surface area contributed by atoms with Gasteiger partial charge < -0.3 is 9.47 Å². The zero-order valence-corrected chi connectivity index (χ0v) is 29.2. The molecule has 0 spiro atoms. The average Bonchev–Trinajstić information content (AvgIpc) is 3.98. The van der Waals surface area contributed by atoms with Crippen molar-refractivity contribution in [3.8, 4) is 55.5 Å². The summed E-state index contributed by atoms with van der Waals surface area (Å²) in [6.07, 6.45) is 5.40. The summed E-state index contributed by atoms with van der Waals surface area (Å²) >= 11 is 0. The van der Waals surface area contributed by atoms with Crippen molar-refractivity contribution in [2.75, 3.05) is 13.2 Å². The molecule has 2 aromatic heterocycles. The quantitative estimate of drug-likeness (QED) is 0.145. The van der Waals surface area contributed by atoms with E-state index >= 15 is 0 Å². The van der Waals surface area contributed by atoms with E-state index in [1.165, 1.54) is 81.2 Å². The largest absolute Gasteiger partial charge is 0.489 e. The van der Waals surface area contributed by atoms with Crippen molar-refractivity contribution in [2.24, 2.45) is 35.5 Å². The van der Waals surface area contributed by atoms with Gasteiger partial charge in [0.15, 0.2) is 0 Å². The van der Waals surface area contributed by atoms with Gasteiger partial charge in [0.05, 0.1) is 13.2 Å². The molecule has 48 heavy (non-hydrogen) atoms. The Hall–Kier alpha value is -3.96. The van der Waals surface area contributed by atoms with Crippen LogP contribution in [-0.2, 0) is 0 Å². The van der Waals surface area contributed by atoms with Crippen molar-refractivity contribution in [2.45, 2.75) is 25.7 Å². The average molecular weight is 665 g/mol. The lowest BCUT2D eigenvalue weighted by molar-refractivity contribution is 0.134. The Labute approximate surface area is 287 Å². The van der Waals surface area contributed by atoms with Crippen molar-refractivity contribution < 1.29 is 9.47 Å². The van der Waals surface area contributed by atoms with Crippen LogP contribution >= 0.6 is 16.4 Å². The highest BCUT2D eigenvalue weighted by Gasteiger charge is 2.56. The van der Waals surface area contributed by atoms with Crippen LogP contribution in [-0.4, -0.2) is 13.2 Å². The highest BCUT2D eigenvalue weighted by atomic mass is 31.0. The number of ether oxygens (including phenoxy) is 2. The van der Waals surface area contributed by atoms with Crippen molar-refractivity contribution in [1.82, 2.24) is 0 Å². The van der Waals surface area contributed by atoms with Gasteiger partial charge in [-0.3, -0.25) is 0 Å². The number of rotatable bonds is 10. The number of benzene rings is 4. The van der Waals surface area contributed by atoms with Crippen LogP contribution in [0.15, 0.2) is 133 Å². The van der Waals surface area contributed by atoms with Gasteiger partial charge in [0.2, 0.25) is 0 Å². The highest BCUT2D eigenvalue weighted by molar-refractivity contribution is 7.33. The van der Waals surface area contributed by atoms with Crippen molar-refractivity contribution in [3.63, 3.8) is 0 Å². The summed E-state index contributed by atoms with van der Waals surface area (Å²) in [5, 5.41) is 0. The Morgan fingerprint density at radius 1 is 0.458 bits per heavy atom. The number of fused-ring (bicyclic) bond motifs is 5. The second-order valence-corrected chi connectivity index (χ2v) is 16.3. The third-order valence-corrected chi connectivity index (χ3v) is 13.8. The molecule has 3 saturated carbocycles. The minimum Gasteiger partial charge on any atom is -0.489 e. The molecule has 4 heteroatoms. The topological polar surface area (TPSA) is 18.5 Å². The molecule has 0 amide bonds. The molecule has 2 bridgehead atoms. The first kappa shape index (κ1) is 30.1. The summed E-state index contributed by atoms with van der Waals surface area (Å²) in [5.74, 6) is 9.50. The van der Waals surface area contributed by atoms with Gasteiger partial charge in [-0.2, -0.15) is 0 Å². The molecule has 2 nitrogen and oxygen atoms in total. The molecule has 8 atom stereocenters. The lowest BCUT2D eigenvalue weighted by atomic mass is 9.76. The van der Waals surface area contributed by atoms with Gasteiger partial charge in [-0.15, -0.1) is 0 Å². The van der Waals surface area contributed by atoms with E-state index in [0.29, 0.717) is 28.2 Å². The summed E-state index contributed by atoms with van der Waals surface area (Å²) in [6, 6.07) is 43.3. The van der Waals surface area contributed by atoms with Gasteiger partial charge in [0.25, 0.3) is 0 Å². The SMILES string of the molecule is c1ccc(-c2c[pH]c(OCC3CC4C5CC(COc6[pH]cc(-c7ccccc7)c6-c6ccccc6)C(C5)C4C3)c2-c2ccccc2)cc1. The molecule has 3 fully saturated rings. The van der Waals surface area contributed by atoms with Gasteiger partial charge in [0, 0.05) is 11.1 Å². The first-order chi connectivity index (χ1) is 23.8. The predicted octanol–water partition coefficient (Wildman–Crippen LogP) is 12.2.